The molecule has 0 aliphatic heterocycles. The zero-order valence-electron chi connectivity index (χ0n) is 11.3. The van der Waals surface area contributed by atoms with Gasteiger partial charge >= 0.3 is 0 Å². The van der Waals surface area contributed by atoms with Crippen LogP contribution in [0.25, 0.3) is 0 Å². The molecule has 0 bridgehead atoms. The summed E-state index contributed by atoms with van der Waals surface area (Å²) in [6, 6.07) is 5.79. The van der Waals surface area contributed by atoms with E-state index in [9.17, 15) is 0 Å². The summed E-state index contributed by atoms with van der Waals surface area (Å²) in [7, 11) is 0. The van der Waals surface area contributed by atoms with Gasteiger partial charge < -0.3 is 5.73 Å². The number of nitrogens with two attached hydrogens (primary N) is 1. The molecule has 0 fully saturated rings. The molecule has 2 rings (SSSR count). The van der Waals surface area contributed by atoms with E-state index in [4.69, 9.17) is 17.3 Å². The van der Waals surface area contributed by atoms with Crippen LogP contribution in [0.1, 0.15) is 43.7 Å². The van der Waals surface area contributed by atoms with Gasteiger partial charge in [-0.1, -0.05) is 18.5 Å². The Labute approximate surface area is 118 Å². The molecule has 2 aromatic rings. The number of halogens is 1. The summed E-state index contributed by atoms with van der Waals surface area (Å²) >= 11 is 6.10. The van der Waals surface area contributed by atoms with Gasteiger partial charge in [0.25, 0.3) is 0 Å². The van der Waals surface area contributed by atoms with Gasteiger partial charge in [0.1, 0.15) is 0 Å². The second-order valence-electron chi connectivity index (χ2n) is 4.73. The summed E-state index contributed by atoms with van der Waals surface area (Å²) in [5.74, 6) is 0. The molecule has 2 heterocycles. The van der Waals surface area contributed by atoms with Crippen molar-refractivity contribution in [2.75, 3.05) is 0 Å². The van der Waals surface area contributed by atoms with E-state index in [-0.39, 0.29) is 6.04 Å². The van der Waals surface area contributed by atoms with E-state index in [1.807, 2.05) is 23.0 Å². The highest BCUT2D eigenvalue weighted by Crippen LogP contribution is 2.21. The van der Waals surface area contributed by atoms with Crippen LogP contribution in [0.3, 0.4) is 0 Å². The second-order valence-corrected chi connectivity index (χ2v) is 5.13. The SMILES string of the molecule is CCC(C)n1ccc(CC(N)c2ncccc2Cl)n1. The Morgan fingerprint density at radius 1 is 1.42 bits per heavy atom. The average Bonchev–Trinajstić information content (AvgIpc) is 2.86. The fraction of sp³-hybridized carbons (Fsp3) is 0.429. The van der Waals surface area contributed by atoms with Gasteiger partial charge in [-0.25, -0.2) is 0 Å². The third-order valence-electron chi connectivity index (χ3n) is 3.27. The van der Waals surface area contributed by atoms with Crippen molar-refractivity contribution in [2.45, 2.75) is 38.8 Å². The molecule has 0 aromatic carbocycles. The Morgan fingerprint density at radius 2 is 2.21 bits per heavy atom. The lowest BCUT2D eigenvalue weighted by Gasteiger charge is -2.11. The van der Waals surface area contributed by atoms with E-state index in [0.29, 0.717) is 17.5 Å². The van der Waals surface area contributed by atoms with Crippen LogP contribution in [0, 0.1) is 0 Å². The molecule has 19 heavy (non-hydrogen) atoms. The number of pyridine rings is 1. The first-order valence-corrected chi connectivity index (χ1v) is 6.89. The predicted octanol–water partition coefficient (Wildman–Crippen LogP) is 3.15. The minimum Gasteiger partial charge on any atom is -0.322 e. The highest BCUT2D eigenvalue weighted by molar-refractivity contribution is 6.31. The molecule has 0 saturated carbocycles. The first-order valence-electron chi connectivity index (χ1n) is 6.51. The van der Waals surface area contributed by atoms with Gasteiger partial charge in [0.05, 0.1) is 22.5 Å². The monoisotopic (exact) mass is 278 g/mol. The maximum Gasteiger partial charge on any atom is 0.0760 e. The number of hydrogen-bond donors (Lipinski definition) is 1. The van der Waals surface area contributed by atoms with E-state index in [0.717, 1.165) is 17.8 Å². The zero-order chi connectivity index (χ0) is 13.8. The van der Waals surface area contributed by atoms with Crippen LogP contribution in [-0.4, -0.2) is 14.8 Å². The van der Waals surface area contributed by atoms with Crippen LogP contribution >= 0.6 is 11.6 Å². The summed E-state index contributed by atoms with van der Waals surface area (Å²) in [4.78, 5) is 4.24. The third-order valence-corrected chi connectivity index (χ3v) is 3.59. The van der Waals surface area contributed by atoms with Crippen molar-refractivity contribution >= 4 is 11.6 Å². The van der Waals surface area contributed by atoms with Crippen molar-refractivity contribution in [3.05, 3.63) is 47.0 Å². The number of hydrogen-bond acceptors (Lipinski definition) is 3. The van der Waals surface area contributed by atoms with Crippen LogP contribution in [-0.2, 0) is 6.42 Å². The van der Waals surface area contributed by atoms with Crippen LogP contribution in [0.5, 0.6) is 0 Å². The molecular formula is C14H19ClN4. The molecule has 2 unspecified atom stereocenters. The van der Waals surface area contributed by atoms with Crippen molar-refractivity contribution < 1.29 is 0 Å². The molecule has 0 radical (unpaired) electrons. The van der Waals surface area contributed by atoms with E-state index in [1.54, 1.807) is 12.3 Å². The molecule has 0 spiro atoms. The highest BCUT2D eigenvalue weighted by atomic mass is 35.5. The maximum atomic E-state index is 6.15. The first kappa shape index (κ1) is 14.0. The summed E-state index contributed by atoms with van der Waals surface area (Å²) in [6.45, 7) is 4.29. The fourth-order valence-corrected chi connectivity index (χ4v) is 2.17. The van der Waals surface area contributed by atoms with Gasteiger partial charge in [-0.3, -0.25) is 9.67 Å². The number of aromatic nitrogens is 3. The molecule has 5 heteroatoms. The molecule has 2 N–H and O–H groups in total. The Bertz CT molecular complexity index is 538. The van der Waals surface area contributed by atoms with Gasteiger partial charge in [-0.05, 0) is 31.5 Å². The lowest BCUT2D eigenvalue weighted by Crippen LogP contribution is -2.16. The van der Waals surface area contributed by atoms with E-state index >= 15 is 0 Å². The molecule has 2 aromatic heterocycles. The average molecular weight is 279 g/mol. The lowest BCUT2D eigenvalue weighted by atomic mass is 10.1. The molecule has 0 amide bonds. The summed E-state index contributed by atoms with van der Waals surface area (Å²) < 4.78 is 1.97. The lowest BCUT2D eigenvalue weighted by molar-refractivity contribution is 0.471. The molecule has 0 aliphatic rings. The van der Waals surface area contributed by atoms with Crippen LogP contribution < -0.4 is 5.73 Å². The first-order chi connectivity index (χ1) is 9.11. The number of nitrogens with zero attached hydrogens (tertiary/aromatic N) is 3. The van der Waals surface area contributed by atoms with Crippen molar-refractivity contribution in [1.29, 1.82) is 0 Å². The predicted molar refractivity (Wildman–Crippen MR) is 77.1 cm³/mol. The van der Waals surface area contributed by atoms with E-state index in [1.165, 1.54) is 0 Å². The molecule has 102 valence electrons. The second kappa shape index (κ2) is 6.17. The summed E-state index contributed by atoms with van der Waals surface area (Å²) in [6.07, 6.45) is 5.40. The normalized spacial score (nSPS) is 14.3. The Morgan fingerprint density at radius 3 is 2.89 bits per heavy atom. The standard InChI is InChI=1S/C14H19ClN4/c1-3-10(2)19-8-6-11(18-19)9-13(16)14-12(15)5-4-7-17-14/h4-8,10,13H,3,9,16H2,1-2H3. The smallest absolute Gasteiger partial charge is 0.0760 e. The van der Waals surface area contributed by atoms with Crippen molar-refractivity contribution in [2.24, 2.45) is 5.73 Å². The number of rotatable bonds is 5. The quantitative estimate of drug-likeness (QED) is 0.914. The van der Waals surface area contributed by atoms with Crippen LogP contribution in [0.15, 0.2) is 30.6 Å². The van der Waals surface area contributed by atoms with Gasteiger partial charge in [0.15, 0.2) is 0 Å². The summed E-state index contributed by atoms with van der Waals surface area (Å²) in [5, 5.41) is 5.15. The Balaban J connectivity index is 2.09. The Hall–Kier alpha value is -1.39. The van der Waals surface area contributed by atoms with E-state index < -0.39 is 0 Å². The Kier molecular flexibility index (Phi) is 4.56. The molecule has 0 saturated heterocycles. The van der Waals surface area contributed by atoms with Gasteiger partial charge in [-0.15, -0.1) is 0 Å². The van der Waals surface area contributed by atoms with Crippen molar-refractivity contribution in [3.63, 3.8) is 0 Å². The highest BCUT2D eigenvalue weighted by Gasteiger charge is 2.14. The molecule has 0 aliphatic carbocycles. The van der Waals surface area contributed by atoms with Gasteiger partial charge in [0.2, 0.25) is 0 Å². The minimum absolute atomic E-state index is 0.228. The van der Waals surface area contributed by atoms with Gasteiger partial charge in [0, 0.05) is 24.9 Å². The maximum absolute atomic E-state index is 6.15. The van der Waals surface area contributed by atoms with Crippen LogP contribution in [0.4, 0.5) is 0 Å². The topological polar surface area (TPSA) is 56.7 Å². The summed E-state index contributed by atoms with van der Waals surface area (Å²) in [5.41, 5.74) is 7.84. The van der Waals surface area contributed by atoms with Crippen molar-refractivity contribution in [1.82, 2.24) is 14.8 Å². The van der Waals surface area contributed by atoms with E-state index in [2.05, 4.69) is 23.9 Å². The third kappa shape index (κ3) is 3.33. The fourth-order valence-electron chi connectivity index (χ4n) is 1.91. The zero-order valence-corrected chi connectivity index (χ0v) is 12.0. The molecule has 2 atom stereocenters. The minimum atomic E-state index is -0.228. The molecular weight excluding hydrogens is 260 g/mol. The van der Waals surface area contributed by atoms with Crippen LogP contribution in [0.2, 0.25) is 5.02 Å². The van der Waals surface area contributed by atoms with Gasteiger partial charge in [-0.2, -0.15) is 5.10 Å². The van der Waals surface area contributed by atoms with Crippen molar-refractivity contribution in [3.8, 4) is 0 Å². The molecule has 4 nitrogen and oxygen atoms in total. The largest absolute Gasteiger partial charge is 0.322 e.